The van der Waals surface area contributed by atoms with Crippen molar-refractivity contribution in [2.45, 2.75) is 12.8 Å². The number of aromatic nitrogens is 2. The molecule has 3 aromatic heterocycles. The molecule has 0 unspecified atom stereocenters. The number of para-hydroxylation sites is 3. The quantitative estimate of drug-likeness (QED) is 0.143. The summed E-state index contributed by atoms with van der Waals surface area (Å²) in [6, 6.07) is 61.7. The van der Waals surface area contributed by atoms with Crippen molar-refractivity contribution >= 4 is 65.6 Å². The van der Waals surface area contributed by atoms with Crippen LogP contribution in [0.15, 0.2) is 200 Å². The SMILES string of the molecule is C=CCc1ccc2c(c1)c1cc(-c3ccc4oc5c(-c6ccc7c(c6)c6cc(CC=C)ccc6n7-c6ccccc6)cccc5c4c3)ccc1n2-c1ccccc1. The van der Waals surface area contributed by atoms with Crippen molar-refractivity contribution in [3.8, 4) is 33.6 Å². The summed E-state index contributed by atoms with van der Waals surface area (Å²) < 4.78 is 11.5. The van der Waals surface area contributed by atoms with Gasteiger partial charge < -0.3 is 13.6 Å². The van der Waals surface area contributed by atoms with Gasteiger partial charge in [-0.25, -0.2) is 0 Å². The molecule has 0 radical (unpaired) electrons. The van der Waals surface area contributed by atoms with Gasteiger partial charge in [0, 0.05) is 49.3 Å². The molecular weight excluding hydrogens is 693 g/mol. The van der Waals surface area contributed by atoms with E-state index in [1.54, 1.807) is 0 Å². The lowest BCUT2D eigenvalue weighted by Crippen LogP contribution is -1.93. The summed E-state index contributed by atoms with van der Waals surface area (Å²) in [6.07, 6.45) is 5.61. The van der Waals surface area contributed by atoms with Gasteiger partial charge in [-0.3, -0.25) is 0 Å². The second-order valence-electron chi connectivity index (χ2n) is 15.0. The van der Waals surface area contributed by atoms with Crippen LogP contribution in [-0.2, 0) is 12.8 Å². The van der Waals surface area contributed by atoms with Crippen LogP contribution in [0.2, 0.25) is 0 Å². The van der Waals surface area contributed by atoms with Gasteiger partial charge in [0.15, 0.2) is 0 Å². The zero-order valence-electron chi connectivity index (χ0n) is 31.5. The monoisotopic (exact) mass is 730 g/mol. The Bertz CT molecular complexity index is 3380. The minimum atomic E-state index is 0.829. The molecule has 0 aliphatic rings. The Morgan fingerprint density at radius 1 is 0.404 bits per heavy atom. The first-order valence-electron chi connectivity index (χ1n) is 19.6. The Labute approximate surface area is 330 Å². The summed E-state index contributed by atoms with van der Waals surface area (Å²) in [5.41, 5.74) is 15.9. The van der Waals surface area contributed by atoms with Crippen LogP contribution in [-0.4, -0.2) is 9.13 Å². The average molecular weight is 731 g/mol. The van der Waals surface area contributed by atoms with Crippen molar-refractivity contribution in [1.29, 1.82) is 0 Å². The highest BCUT2D eigenvalue weighted by atomic mass is 16.3. The largest absolute Gasteiger partial charge is 0.455 e. The molecule has 0 saturated heterocycles. The molecule has 57 heavy (non-hydrogen) atoms. The predicted molar refractivity (Wildman–Crippen MR) is 241 cm³/mol. The number of nitrogens with zero attached hydrogens (tertiary/aromatic N) is 2. The predicted octanol–water partition coefficient (Wildman–Crippen LogP) is 14.6. The third kappa shape index (κ3) is 5.27. The van der Waals surface area contributed by atoms with E-state index < -0.39 is 0 Å². The molecule has 0 atom stereocenters. The summed E-state index contributed by atoms with van der Waals surface area (Å²) in [5.74, 6) is 0. The second kappa shape index (κ2) is 13.1. The third-order valence-corrected chi connectivity index (χ3v) is 11.6. The molecule has 0 saturated carbocycles. The number of hydrogen-bond acceptors (Lipinski definition) is 1. The van der Waals surface area contributed by atoms with Gasteiger partial charge in [-0.15, -0.1) is 13.2 Å². The average Bonchev–Trinajstić information content (AvgIpc) is 3.91. The molecule has 11 rings (SSSR count). The van der Waals surface area contributed by atoms with Crippen molar-refractivity contribution in [1.82, 2.24) is 9.13 Å². The van der Waals surface area contributed by atoms with Crippen molar-refractivity contribution in [2.75, 3.05) is 0 Å². The van der Waals surface area contributed by atoms with Gasteiger partial charge in [-0.05, 0) is 126 Å². The number of rotatable bonds is 8. The molecule has 3 heteroatoms. The van der Waals surface area contributed by atoms with E-state index >= 15 is 0 Å². The van der Waals surface area contributed by atoms with Crippen molar-refractivity contribution in [3.63, 3.8) is 0 Å². The maximum Gasteiger partial charge on any atom is 0.143 e. The molecule has 270 valence electrons. The highest BCUT2D eigenvalue weighted by Gasteiger charge is 2.18. The van der Waals surface area contributed by atoms with Gasteiger partial charge in [0.25, 0.3) is 0 Å². The fraction of sp³-hybridized carbons (Fsp3) is 0.0370. The van der Waals surface area contributed by atoms with E-state index in [1.165, 1.54) is 60.3 Å². The van der Waals surface area contributed by atoms with Crippen LogP contribution in [0.3, 0.4) is 0 Å². The number of furan rings is 1. The fourth-order valence-electron chi connectivity index (χ4n) is 8.99. The Morgan fingerprint density at radius 3 is 1.44 bits per heavy atom. The maximum absolute atomic E-state index is 6.74. The van der Waals surface area contributed by atoms with E-state index in [0.717, 1.165) is 62.8 Å². The second-order valence-corrected chi connectivity index (χ2v) is 15.0. The van der Waals surface area contributed by atoms with Crippen LogP contribution in [0, 0.1) is 0 Å². The molecule has 8 aromatic carbocycles. The number of benzene rings is 8. The topological polar surface area (TPSA) is 23.0 Å². The van der Waals surface area contributed by atoms with Gasteiger partial charge in [0.1, 0.15) is 11.2 Å². The molecule has 0 bridgehead atoms. The normalized spacial score (nSPS) is 11.8. The van der Waals surface area contributed by atoms with E-state index in [4.69, 9.17) is 4.42 Å². The third-order valence-electron chi connectivity index (χ3n) is 11.6. The standard InChI is InChI=1S/C54H38N2O/c1-3-12-35-20-25-49-44(30-35)46-32-37(22-27-51(46)55(49)40-14-7-5-8-15-40)38-24-29-53-48(33-38)43-19-11-18-42(54(43)57-53)39-23-28-52-47(34-39)45-31-36(13-4-2)21-26-50(45)56(52)41-16-9-6-10-17-41/h3-11,14-34H,1-2,12-13H2. The number of allylic oxidation sites excluding steroid dienone is 2. The molecule has 0 fully saturated rings. The first kappa shape index (κ1) is 33.0. The van der Waals surface area contributed by atoms with Crippen molar-refractivity contribution in [3.05, 3.63) is 206 Å². The van der Waals surface area contributed by atoms with E-state index in [0.29, 0.717) is 0 Å². The first-order valence-corrected chi connectivity index (χ1v) is 19.6. The van der Waals surface area contributed by atoms with Crippen LogP contribution in [0.25, 0.3) is 99.2 Å². The van der Waals surface area contributed by atoms with E-state index in [9.17, 15) is 0 Å². The lowest BCUT2D eigenvalue weighted by molar-refractivity contribution is 0.670. The molecule has 0 aliphatic carbocycles. The molecule has 0 aliphatic heterocycles. The van der Waals surface area contributed by atoms with Crippen molar-refractivity contribution < 1.29 is 4.42 Å². The Balaban J connectivity index is 1.06. The summed E-state index contributed by atoms with van der Waals surface area (Å²) in [7, 11) is 0. The van der Waals surface area contributed by atoms with Crippen molar-refractivity contribution in [2.24, 2.45) is 0 Å². The molecule has 0 N–H and O–H groups in total. The zero-order valence-corrected chi connectivity index (χ0v) is 31.5. The molecule has 0 spiro atoms. The van der Waals surface area contributed by atoms with Gasteiger partial charge in [0.2, 0.25) is 0 Å². The van der Waals surface area contributed by atoms with E-state index in [-0.39, 0.29) is 0 Å². The maximum atomic E-state index is 6.74. The zero-order chi connectivity index (χ0) is 38.0. The molecule has 0 amide bonds. The number of fused-ring (bicyclic) bond motifs is 9. The molecule has 3 nitrogen and oxygen atoms in total. The smallest absolute Gasteiger partial charge is 0.143 e. The Kier molecular flexibility index (Phi) is 7.61. The lowest BCUT2D eigenvalue weighted by Gasteiger charge is -2.08. The summed E-state index contributed by atoms with van der Waals surface area (Å²) in [4.78, 5) is 0. The number of hydrogen-bond donors (Lipinski definition) is 0. The minimum absolute atomic E-state index is 0.829. The molecule has 3 heterocycles. The van der Waals surface area contributed by atoms with E-state index in [2.05, 4.69) is 192 Å². The highest BCUT2D eigenvalue weighted by Crippen LogP contribution is 2.42. The molecular formula is C54H38N2O. The van der Waals surface area contributed by atoms with Gasteiger partial charge in [-0.2, -0.15) is 0 Å². The summed E-state index contributed by atoms with van der Waals surface area (Å²) >= 11 is 0. The minimum Gasteiger partial charge on any atom is -0.455 e. The van der Waals surface area contributed by atoms with Crippen LogP contribution in [0.5, 0.6) is 0 Å². The van der Waals surface area contributed by atoms with Crippen LogP contribution < -0.4 is 0 Å². The van der Waals surface area contributed by atoms with Crippen LogP contribution >= 0.6 is 0 Å². The van der Waals surface area contributed by atoms with Crippen LogP contribution in [0.4, 0.5) is 0 Å². The van der Waals surface area contributed by atoms with Crippen LogP contribution in [0.1, 0.15) is 11.1 Å². The summed E-state index contributed by atoms with van der Waals surface area (Å²) in [5, 5.41) is 7.15. The van der Waals surface area contributed by atoms with Gasteiger partial charge in [0.05, 0.1) is 22.1 Å². The summed E-state index contributed by atoms with van der Waals surface area (Å²) in [6.45, 7) is 7.99. The lowest BCUT2D eigenvalue weighted by atomic mass is 9.98. The van der Waals surface area contributed by atoms with Gasteiger partial charge >= 0.3 is 0 Å². The Hall–Kier alpha value is -7.36. The molecule has 11 aromatic rings. The first-order chi connectivity index (χ1) is 28.2. The highest BCUT2D eigenvalue weighted by molar-refractivity contribution is 6.15. The fourth-order valence-corrected chi connectivity index (χ4v) is 8.99. The van der Waals surface area contributed by atoms with E-state index in [1.807, 2.05) is 12.2 Å². The van der Waals surface area contributed by atoms with Gasteiger partial charge in [-0.1, -0.05) is 97.1 Å². The Morgan fingerprint density at radius 2 is 0.877 bits per heavy atom.